The Morgan fingerprint density at radius 2 is 1.53 bits per heavy atom. The normalized spacial score (nSPS) is 10.3. The highest BCUT2D eigenvalue weighted by Gasteiger charge is 2.07. The molecule has 0 spiro atoms. The van der Waals surface area contributed by atoms with Crippen LogP contribution in [0.1, 0.15) is 0 Å². The lowest BCUT2D eigenvalue weighted by Gasteiger charge is -2.09. The minimum absolute atomic E-state index is 0.319. The van der Waals surface area contributed by atoms with Crippen LogP contribution < -0.4 is 10.5 Å². The summed E-state index contributed by atoms with van der Waals surface area (Å²) in [6, 6.07) is 9.47. The highest BCUT2D eigenvalue weighted by molar-refractivity contribution is 9.11. The second-order valence-electron chi connectivity index (χ2n) is 3.37. The van der Waals surface area contributed by atoms with Gasteiger partial charge >= 0.3 is 0 Å². The van der Waals surface area contributed by atoms with Gasteiger partial charge in [0.25, 0.3) is 0 Å². The van der Waals surface area contributed by atoms with Crippen LogP contribution in [0.25, 0.3) is 0 Å². The van der Waals surface area contributed by atoms with Crippen LogP contribution in [0.5, 0.6) is 11.5 Å². The van der Waals surface area contributed by atoms with Crippen molar-refractivity contribution in [1.82, 2.24) is 0 Å². The molecule has 17 heavy (non-hydrogen) atoms. The van der Waals surface area contributed by atoms with Crippen LogP contribution in [0.2, 0.25) is 0 Å². The third-order valence-electron chi connectivity index (χ3n) is 2.07. The topological polar surface area (TPSA) is 35.2 Å². The van der Waals surface area contributed by atoms with Crippen LogP contribution in [-0.2, 0) is 0 Å². The molecule has 5 heteroatoms. The first-order chi connectivity index (χ1) is 8.06. The van der Waals surface area contributed by atoms with E-state index in [0.717, 1.165) is 4.47 Å². The zero-order valence-electron chi connectivity index (χ0n) is 8.58. The minimum atomic E-state index is -0.319. The molecule has 0 saturated carbocycles. The predicted molar refractivity (Wildman–Crippen MR) is 72.7 cm³/mol. The average Bonchev–Trinajstić information content (AvgIpc) is 2.25. The van der Waals surface area contributed by atoms with Crippen LogP contribution in [0.4, 0.5) is 10.1 Å². The zero-order valence-corrected chi connectivity index (χ0v) is 11.8. The predicted octanol–water partition coefficient (Wildman–Crippen LogP) is 4.73. The van der Waals surface area contributed by atoms with Gasteiger partial charge in [0.1, 0.15) is 17.3 Å². The van der Waals surface area contributed by atoms with Gasteiger partial charge in [0.2, 0.25) is 0 Å². The molecule has 2 aromatic rings. The number of rotatable bonds is 2. The molecule has 0 radical (unpaired) electrons. The van der Waals surface area contributed by atoms with Gasteiger partial charge in [-0.05, 0) is 68.3 Å². The quantitative estimate of drug-likeness (QED) is 0.786. The minimum Gasteiger partial charge on any atom is -0.455 e. The van der Waals surface area contributed by atoms with E-state index in [1.165, 1.54) is 12.1 Å². The van der Waals surface area contributed by atoms with E-state index in [4.69, 9.17) is 10.5 Å². The lowest BCUT2D eigenvalue weighted by Crippen LogP contribution is -1.90. The van der Waals surface area contributed by atoms with Crippen molar-refractivity contribution in [2.24, 2.45) is 0 Å². The van der Waals surface area contributed by atoms with Gasteiger partial charge in [-0.1, -0.05) is 0 Å². The Labute approximate surface area is 115 Å². The molecule has 2 N–H and O–H groups in total. The standard InChI is InChI=1S/C12H8Br2FNO/c13-9-5-7(15)1-3-11(9)17-12-4-2-8(16)6-10(12)14/h1-6H,16H2. The first-order valence-electron chi connectivity index (χ1n) is 4.74. The first-order valence-corrected chi connectivity index (χ1v) is 6.33. The zero-order chi connectivity index (χ0) is 12.4. The van der Waals surface area contributed by atoms with E-state index >= 15 is 0 Å². The SMILES string of the molecule is Nc1ccc(Oc2ccc(F)cc2Br)c(Br)c1. The fraction of sp³-hybridized carbons (Fsp3) is 0. The number of halogens is 3. The number of nitrogen functional groups attached to an aromatic ring is 1. The maximum Gasteiger partial charge on any atom is 0.141 e. The fourth-order valence-corrected chi connectivity index (χ4v) is 2.19. The summed E-state index contributed by atoms with van der Waals surface area (Å²) in [5.74, 6) is 0.837. The van der Waals surface area contributed by atoms with Crippen LogP contribution in [0.15, 0.2) is 45.3 Å². The van der Waals surface area contributed by atoms with Crippen molar-refractivity contribution in [1.29, 1.82) is 0 Å². The Morgan fingerprint density at radius 3 is 2.12 bits per heavy atom. The monoisotopic (exact) mass is 359 g/mol. The number of benzene rings is 2. The molecule has 0 aliphatic heterocycles. The summed E-state index contributed by atoms with van der Waals surface area (Å²) in [6.07, 6.45) is 0. The van der Waals surface area contributed by atoms with Crippen LogP contribution in [-0.4, -0.2) is 0 Å². The fourth-order valence-electron chi connectivity index (χ4n) is 1.28. The summed E-state index contributed by atoms with van der Waals surface area (Å²) in [5.41, 5.74) is 6.27. The number of nitrogens with two attached hydrogens (primary N) is 1. The molecule has 0 atom stereocenters. The Hall–Kier alpha value is -1.07. The van der Waals surface area contributed by atoms with Crippen molar-refractivity contribution in [2.45, 2.75) is 0 Å². The smallest absolute Gasteiger partial charge is 0.141 e. The van der Waals surface area contributed by atoms with Gasteiger partial charge in [-0.2, -0.15) is 0 Å². The third kappa shape index (κ3) is 2.98. The maximum absolute atomic E-state index is 12.9. The Morgan fingerprint density at radius 1 is 0.941 bits per heavy atom. The van der Waals surface area contributed by atoms with Gasteiger partial charge in [0.05, 0.1) is 8.95 Å². The summed E-state index contributed by atoms with van der Waals surface area (Å²) in [7, 11) is 0. The molecule has 0 aliphatic rings. The summed E-state index contributed by atoms with van der Waals surface area (Å²) in [4.78, 5) is 0. The van der Waals surface area contributed by atoms with E-state index in [1.54, 1.807) is 24.3 Å². The summed E-state index contributed by atoms with van der Waals surface area (Å²) in [5, 5.41) is 0. The maximum atomic E-state index is 12.9. The summed E-state index contributed by atoms with van der Waals surface area (Å²) < 4.78 is 19.8. The van der Waals surface area contributed by atoms with E-state index < -0.39 is 0 Å². The molecule has 0 amide bonds. The molecule has 2 rings (SSSR count). The summed E-state index contributed by atoms with van der Waals surface area (Å²) >= 11 is 6.59. The van der Waals surface area contributed by atoms with Crippen LogP contribution >= 0.6 is 31.9 Å². The highest BCUT2D eigenvalue weighted by Crippen LogP contribution is 2.34. The molecule has 0 aromatic heterocycles. The molecule has 88 valence electrons. The molecule has 2 nitrogen and oxygen atoms in total. The molecule has 0 bridgehead atoms. The molecule has 2 aromatic carbocycles. The van der Waals surface area contributed by atoms with Crippen LogP contribution in [0, 0.1) is 5.82 Å². The molecular weight excluding hydrogens is 353 g/mol. The third-order valence-corrected chi connectivity index (χ3v) is 3.31. The largest absolute Gasteiger partial charge is 0.455 e. The lowest BCUT2D eigenvalue weighted by atomic mass is 10.3. The van der Waals surface area contributed by atoms with Gasteiger partial charge in [-0.25, -0.2) is 4.39 Å². The lowest BCUT2D eigenvalue weighted by molar-refractivity contribution is 0.474. The molecule has 0 saturated heterocycles. The van der Waals surface area contributed by atoms with E-state index in [9.17, 15) is 4.39 Å². The van der Waals surface area contributed by atoms with Crippen molar-refractivity contribution in [3.63, 3.8) is 0 Å². The Bertz CT molecular complexity index is 511. The van der Waals surface area contributed by atoms with Gasteiger partial charge in [0.15, 0.2) is 0 Å². The Kier molecular flexibility index (Phi) is 3.69. The van der Waals surface area contributed by atoms with Gasteiger partial charge in [-0.15, -0.1) is 0 Å². The number of ether oxygens (including phenoxy) is 1. The van der Waals surface area contributed by atoms with E-state index in [0.29, 0.717) is 21.7 Å². The molecule has 0 unspecified atom stereocenters. The first kappa shape index (κ1) is 12.4. The number of anilines is 1. The van der Waals surface area contributed by atoms with E-state index in [1.807, 2.05) is 0 Å². The number of hydrogen-bond donors (Lipinski definition) is 1. The van der Waals surface area contributed by atoms with E-state index in [2.05, 4.69) is 31.9 Å². The second-order valence-corrected chi connectivity index (χ2v) is 5.08. The van der Waals surface area contributed by atoms with Crippen molar-refractivity contribution in [3.05, 3.63) is 51.2 Å². The van der Waals surface area contributed by atoms with E-state index in [-0.39, 0.29) is 5.82 Å². The second kappa shape index (κ2) is 5.06. The molecular formula is C12H8Br2FNO. The average molecular weight is 361 g/mol. The van der Waals surface area contributed by atoms with Crippen molar-refractivity contribution in [3.8, 4) is 11.5 Å². The van der Waals surface area contributed by atoms with Crippen molar-refractivity contribution >= 4 is 37.5 Å². The van der Waals surface area contributed by atoms with Crippen molar-refractivity contribution in [2.75, 3.05) is 5.73 Å². The number of hydrogen-bond acceptors (Lipinski definition) is 2. The highest BCUT2D eigenvalue weighted by atomic mass is 79.9. The molecule has 0 aliphatic carbocycles. The molecule has 0 fully saturated rings. The summed E-state index contributed by atoms with van der Waals surface area (Å²) in [6.45, 7) is 0. The van der Waals surface area contributed by atoms with Crippen LogP contribution in [0.3, 0.4) is 0 Å². The van der Waals surface area contributed by atoms with Crippen molar-refractivity contribution < 1.29 is 9.13 Å². The molecule has 0 heterocycles. The Balaban J connectivity index is 2.31. The van der Waals surface area contributed by atoms with Gasteiger partial charge in [-0.3, -0.25) is 0 Å². The van der Waals surface area contributed by atoms with Gasteiger partial charge in [0, 0.05) is 5.69 Å². The van der Waals surface area contributed by atoms with Gasteiger partial charge < -0.3 is 10.5 Å².